The minimum absolute atomic E-state index is 0.861. The molecule has 10 heterocycles. The molecule has 0 aromatic carbocycles. The van der Waals surface area contributed by atoms with E-state index in [-0.39, 0.29) is 0 Å². The van der Waals surface area contributed by atoms with Crippen LogP contribution in [0.5, 0.6) is 0 Å². The molecule has 6 amide bonds. The molecule has 10 aliphatic heterocycles. The highest BCUT2D eigenvalue weighted by molar-refractivity contribution is 5.75. The van der Waals surface area contributed by atoms with Gasteiger partial charge in [0.05, 0.1) is 84.8 Å². The van der Waals surface area contributed by atoms with Gasteiger partial charge in [-0.2, -0.15) is 0 Å². The normalized spacial score (nSPS) is 45.9. The first kappa shape index (κ1) is 116. The van der Waals surface area contributed by atoms with Crippen molar-refractivity contribution in [1.29, 1.82) is 0 Å². The third kappa shape index (κ3) is 27.1. The summed E-state index contributed by atoms with van der Waals surface area (Å²) in [7, 11) is 0. The molecule has 10 saturated heterocycles. The lowest BCUT2D eigenvalue weighted by molar-refractivity contribution is -0.402. The van der Waals surface area contributed by atoms with Gasteiger partial charge in [0.15, 0.2) is 62.9 Å². The molecular weight excluding hydrogens is 1900 g/mol. The number of hydrogen-bond acceptors (Lipinski definition) is 55. The summed E-state index contributed by atoms with van der Waals surface area (Å²) < 4.78 is 121. The van der Waals surface area contributed by atoms with Crippen LogP contribution in [0.4, 0.5) is 0 Å². The summed E-state index contributed by atoms with van der Waals surface area (Å²) in [6.07, 6.45) is -104. The molecule has 10 rings (SSSR count). The quantitative estimate of drug-likeness (QED) is 0.0271. The van der Waals surface area contributed by atoms with Gasteiger partial charge >= 0.3 is 0 Å². The third-order valence-electron chi connectivity index (χ3n) is 25.0. The lowest BCUT2D eigenvalue weighted by atomic mass is 9.94. The Bertz CT molecular complexity index is 3840. The van der Waals surface area contributed by atoms with Gasteiger partial charge in [0.25, 0.3) is 0 Å². The lowest BCUT2D eigenvalue weighted by Crippen LogP contribution is -2.71. The molecule has 0 aliphatic carbocycles. The number of aliphatic hydroxyl groups excluding tert-OH is 29. The number of carbonyl (C=O) groups is 6. The zero-order valence-electron chi connectivity index (χ0n) is 75.5. The molecule has 0 spiro atoms. The molecule has 139 heavy (non-hydrogen) atoms. The maximum absolute atomic E-state index is 13.4. The van der Waals surface area contributed by atoms with Gasteiger partial charge in [0.2, 0.25) is 35.4 Å². The van der Waals surface area contributed by atoms with Crippen molar-refractivity contribution in [1.82, 2.24) is 31.9 Å². The predicted molar refractivity (Wildman–Crippen MR) is 433 cm³/mol. The lowest BCUT2D eigenvalue weighted by Gasteiger charge is -2.51. The molecule has 0 bridgehead atoms. The van der Waals surface area contributed by atoms with Crippen LogP contribution in [-0.4, -0.2) is 587 Å². The number of carbonyl (C=O) groups excluding carboxylic acids is 6. The molecule has 804 valence electrons. The van der Waals surface area contributed by atoms with Crippen molar-refractivity contribution in [2.45, 2.75) is 380 Å². The molecule has 0 unspecified atom stereocenters. The number of nitrogens with one attached hydrogen (secondary N) is 6. The maximum Gasteiger partial charge on any atom is 0.217 e. The fourth-order valence-corrected chi connectivity index (χ4v) is 17.6. The smallest absolute Gasteiger partial charge is 0.217 e. The van der Waals surface area contributed by atoms with E-state index >= 15 is 0 Å². The summed E-state index contributed by atoms with van der Waals surface area (Å²) in [5.74, 6) is -5.75. The fraction of sp³-hybridized carbons (Fsp3) is 0.923. The van der Waals surface area contributed by atoms with Crippen molar-refractivity contribution in [3.63, 3.8) is 0 Å². The SMILES string of the molecule is CC(=O)N[C@H]1[C@H](O[C@@H]([C@H](O)[C@H](CO)NC(C)=O)[C@H](O)CO[C@@H]2O[C@@H](C)[C@@H](O)[C@@H](O)[C@@H]2O)O[C@H](CO)[C@@H](O[C@@H]2O[C@H](CO[C@H]3O[C@H](CO[C@@H]4O[C@H](CO)[C@@H](O[C@@H]5O[C@H](CO)[C@H](O)[C@H](O)[C@H]5O)[C@H](O)[C@H]4NC(C)=O)[C@@H](O)[C@H](O)[C@@H]3O[C@@H]3O[C@H](CO)[C@@H](O)[C@H](O)[C@H]3NC(C)=O)[C@@H](O)[C@H](O[C@H]3O[C@H](CO)[C@@H](O[C@@H]4O[C@H](CO)[C@@H](O)[C@H](O)[C@H]4NC(C)=O)[C@H](O)[C@@H]3O[C@@H]3O[C@H](CO)[C@@H](O)[C@H](O)[C@H]3NC(C)=O)[C@@H]2O)[C@@H]1O. The van der Waals surface area contributed by atoms with Crippen molar-refractivity contribution in [3.8, 4) is 0 Å². The second-order valence-corrected chi connectivity index (χ2v) is 35.1. The summed E-state index contributed by atoms with van der Waals surface area (Å²) in [6.45, 7) is -6.06. The molecule has 61 nitrogen and oxygen atoms in total. The Morgan fingerprint density at radius 1 is 0.266 bits per heavy atom. The van der Waals surface area contributed by atoms with Crippen LogP contribution < -0.4 is 31.9 Å². The summed E-state index contributed by atoms with van der Waals surface area (Å²) in [4.78, 5) is 77.4. The minimum atomic E-state index is -2.77. The van der Waals surface area contributed by atoms with Crippen molar-refractivity contribution >= 4 is 35.4 Å². The Hall–Kier alpha value is -5.14. The van der Waals surface area contributed by atoms with Gasteiger partial charge in [-0.15, -0.1) is 0 Å². The van der Waals surface area contributed by atoms with E-state index in [4.69, 9.17) is 94.7 Å². The Labute approximate surface area is 788 Å². The first-order valence-corrected chi connectivity index (χ1v) is 44.4. The van der Waals surface area contributed by atoms with Gasteiger partial charge in [-0.25, -0.2) is 0 Å². The minimum Gasteiger partial charge on any atom is -0.394 e. The standard InChI is InChI=1S/C78H132N6O55/c1-19-42(100)55(113)58(116)74(123-19)120-16-27(99)62(43(101)26(8-85)79-20(2)93)133-73-41(84-25(7)98)54(112)64(33(14-91)129-73)136-76-61(119)66(137-78-68(139-72-39(82-23(5)96)52(110)46(104)30(11-88)126-72)60(118)65(34(15-92)130-78)134-70-37(80-21(3)94)50(108)44(102)28(9-86)124-70)49(107)36(131-76)18-122-77-67(138-71-38(81-22(4)95)51(109)45(103)29(10-87)125-71)57(115)48(106)35(132-77)17-121-69-40(83-24(6)97)53(111)63(32(13-90)128-69)135-75-59(117)56(114)47(105)31(12-89)127-75/h19,26-78,85-92,99-119H,8-18H2,1-7H3,(H,79,93)(H,80,94)(H,81,95)(H,82,96)(H,83,97)(H,84,98)/t19-,26-,27+,28+,29+,30+,31+,32+,33+,34+,35+,36+,37+,38+,39+,40+,41+,42+,43+,44+,45+,46+,47-,48+,49+,50+,51+,52+,53+,54+,55+,56-,57-,58-,59+,60-,61-,62+,63+,64+,65+,66-,67-,68-,69+,70-,71-,72-,73-,74+,75-,76-,77-,78+/m0/s1. The molecule has 0 radical (unpaired) electrons. The zero-order valence-corrected chi connectivity index (χ0v) is 75.5. The summed E-state index contributed by atoms with van der Waals surface area (Å²) >= 11 is 0. The average molecular weight is 2030 g/mol. The van der Waals surface area contributed by atoms with Gasteiger partial charge in [-0.05, 0) is 6.92 Å². The molecule has 0 saturated carbocycles. The summed E-state index contributed by atoms with van der Waals surface area (Å²) in [5, 5.41) is 343. The first-order valence-electron chi connectivity index (χ1n) is 44.4. The van der Waals surface area contributed by atoms with Crippen molar-refractivity contribution in [2.75, 3.05) is 72.7 Å². The molecule has 10 fully saturated rings. The monoisotopic (exact) mass is 2030 g/mol. The van der Waals surface area contributed by atoms with E-state index in [1.807, 2.05) is 0 Å². The van der Waals surface area contributed by atoms with E-state index in [0.717, 1.165) is 41.5 Å². The first-order chi connectivity index (χ1) is 65.6. The van der Waals surface area contributed by atoms with Crippen LogP contribution in [-0.2, 0) is 124 Å². The van der Waals surface area contributed by atoms with E-state index < -0.39 is 439 Å². The highest BCUT2D eigenvalue weighted by atomic mass is 16.8. The molecule has 10 aliphatic rings. The Balaban J connectivity index is 1.06. The third-order valence-corrected chi connectivity index (χ3v) is 25.0. The van der Waals surface area contributed by atoms with Crippen LogP contribution in [0.1, 0.15) is 48.5 Å². The number of aliphatic hydroxyl groups is 29. The van der Waals surface area contributed by atoms with Crippen LogP contribution in [0.3, 0.4) is 0 Å². The van der Waals surface area contributed by atoms with Gasteiger partial charge in [0.1, 0.15) is 256 Å². The molecule has 35 N–H and O–H groups in total. The molecule has 0 aromatic rings. The van der Waals surface area contributed by atoms with Crippen LogP contribution >= 0.6 is 0 Å². The summed E-state index contributed by atoms with van der Waals surface area (Å²) in [5.41, 5.74) is 0. The van der Waals surface area contributed by atoms with Gasteiger partial charge in [0, 0.05) is 41.5 Å². The fourth-order valence-electron chi connectivity index (χ4n) is 17.6. The number of ether oxygens (including phenoxy) is 20. The van der Waals surface area contributed by atoms with E-state index in [2.05, 4.69) is 31.9 Å². The second-order valence-electron chi connectivity index (χ2n) is 35.1. The van der Waals surface area contributed by atoms with E-state index in [9.17, 15) is 177 Å². The highest BCUT2D eigenvalue weighted by Gasteiger charge is 2.62. The predicted octanol–water partition coefficient (Wildman–Crippen LogP) is -23.5. The topological polar surface area (TPSA) is 946 Å². The number of rotatable bonds is 40. The van der Waals surface area contributed by atoms with Crippen LogP contribution in [0.15, 0.2) is 0 Å². The molecular formula is C78H132N6O55. The Morgan fingerprint density at radius 2 is 0.576 bits per heavy atom. The van der Waals surface area contributed by atoms with Gasteiger partial charge in [-0.3, -0.25) is 28.8 Å². The highest BCUT2D eigenvalue weighted by Crippen LogP contribution is 2.41. The maximum atomic E-state index is 13.4. The van der Waals surface area contributed by atoms with Gasteiger partial charge in [-0.1, -0.05) is 0 Å². The molecule has 0 aromatic heterocycles. The number of hydrogen-bond donors (Lipinski definition) is 35. The van der Waals surface area contributed by atoms with E-state index in [0.29, 0.717) is 0 Å². The van der Waals surface area contributed by atoms with Crippen LogP contribution in [0.2, 0.25) is 0 Å². The summed E-state index contributed by atoms with van der Waals surface area (Å²) in [6, 6.07) is -11.6. The van der Waals surface area contributed by atoms with E-state index in [1.165, 1.54) is 6.92 Å². The van der Waals surface area contributed by atoms with Crippen molar-refractivity contribution < 1.29 is 272 Å². The zero-order chi connectivity index (χ0) is 103. The van der Waals surface area contributed by atoms with Gasteiger partial charge < -0.3 is 275 Å². The van der Waals surface area contributed by atoms with E-state index in [1.54, 1.807) is 0 Å². The largest absolute Gasteiger partial charge is 0.394 e. The number of amides is 6. The Kier molecular flexibility index (Phi) is 42.9. The second kappa shape index (κ2) is 51.5. The van der Waals surface area contributed by atoms with Crippen molar-refractivity contribution in [3.05, 3.63) is 0 Å². The Morgan fingerprint density at radius 3 is 1.00 bits per heavy atom. The molecule has 54 atom stereocenters. The van der Waals surface area contributed by atoms with Crippen LogP contribution in [0, 0.1) is 0 Å². The van der Waals surface area contributed by atoms with Crippen LogP contribution in [0.25, 0.3) is 0 Å². The molecule has 61 heteroatoms. The average Bonchev–Trinajstić information content (AvgIpc) is 0.775. The van der Waals surface area contributed by atoms with Crippen molar-refractivity contribution in [2.24, 2.45) is 0 Å².